The SMILES string of the molecule is CCOc1cc(C(=O)N2CCNCC2C)ccc1OCC(=O)N1CCCCC1. The maximum absolute atomic E-state index is 12.9. The number of piperazine rings is 1. The van der Waals surface area contributed by atoms with Crippen molar-refractivity contribution in [3.05, 3.63) is 23.8 Å². The highest BCUT2D eigenvalue weighted by molar-refractivity contribution is 5.95. The zero-order valence-electron chi connectivity index (χ0n) is 16.9. The minimum Gasteiger partial charge on any atom is -0.490 e. The highest BCUT2D eigenvalue weighted by Gasteiger charge is 2.25. The summed E-state index contributed by atoms with van der Waals surface area (Å²) in [4.78, 5) is 29.0. The Kier molecular flexibility index (Phi) is 7.14. The Morgan fingerprint density at radius 1 is 1.11 bits per heavy atom. The molecule has 1 atom stereocenters. The summed E-state index contributed by atoms with van der Waals surface area (Å²) in [6.45, 7) is 8.26. The Bertz CT molecular complexity index is 688. The second kappa shape index (κ2) is 9.78. The van der Waals surface area contributed by atoms with Crippen molar-refractivity contribution < 1.29 is 19.1 Å². The molecule has 0 radical (unpaired) electrons. The third-order valence-electron chi connectivity index (χ3n) is 5.31. The van der Waals surface area contributed by atoms with E-state index in [-0.39, 0.29) is 24.5 Å². The molecule has 1 N–H and O–H groups in total. The van der Waals surface area contributed by atoms with Crippen LogP contribution in [-0.2, 0) is 4.79 Å². The molecule has 1 aromatic rings. The summed E-state index contributed by atoms with van der Waals surface area (Å²) in [6, 6.07) is 5.35. The third kappa shape index (κ3) is 4.95. The maximum atomic E-state index is 12.9. The van der Waals surface area contributed by atoms with Gasteiger partial charge in [-0.25, -0.2) is 0 Å². The summed E-state index contributed by atoms with van der Waals surface area (Å²) in [5.41, 5.74) is 0.576. The molecule has 0 bridgehead atoms. The van der Waals surface area contributed by atoms with E-state index in [9.17, 15) is 9.59 Å². The fraction of sp³-hybridized carbons (Fsp3) is 0.619. The van der Waals surface area contributed by atoms with E-state index in [2.05, 4.69) is 5.32 Å². The van der Waals surface area contributed by atoms with Gasteiger partial charge in [0.25, 0.3) is 11.8 Å². The molecule has 2 heterocycles. The van der Waals surface area contributed by atoms with Gasteiger partial charge in [-0.3, -0.25) is 9.59 Å². The quantitative estimate of drug-likeness (QED) is 0.805. The molecule has 1 aromatic carbocycles. The predicted molar refractivity (Wildman–Crippen MR) is 107 cm³/mol. The van der Waals surface area contributed by atoms with Gasteiger partial charge in [0.2, 0.25) is 0 Å². The van der Waals surface area contributed by atoms with Gasteiger partial charge in [-0.2, -0.15) is 0 Å². The largest absolute Gasteiger partial charge is 0.490 e. The van der Waals surface area contributed by atoms with Crippen LogP contribution in [0.3, 0.4) is 0 Å². The first kappa shape index (κ1) is 20.5. The van der Waals surface area contributed by atoms with Crippen LogP contribution >= 0.6 is 0 Å². The average Bonchev–Trinajstić information content (AvgIpc) is 2.73. The Balaban J connectivity index is 1.68. The molecule has 0 aromatic heterocycles. The molecule has 2 aliphatic rings. The van der Waals surface area contributed by atoms with Crippen LogP contribution in [0, 0.1) is 0 Å². The van der Waals surface area contributed by atoms with Crippen LogP contribution in [0.25, 0.3) is 0 Å². The van der Waals surface area contributed by atoms with Gasteiger partial charge in [-0.05, 0) is 51.3 Å². The summed E-state index contributed by atoms with van der Waals surface area (Å²) in [6.07, 6.45) is 3.29. The Labute approximate surface area is 167 Å². The molecule has 2 fully saturated rings. The number of amides is 2. The second-order valence-corrected chi connectivity index (χ2v) is 7.38. The van der Waals surface area contributed by atoms with Crippen molar-refractivity contribution in [2.24, 2.45) is 0 Å². The Hall–Kier alpha value is -2.28. The zero-order valence-corrected chi connectivity index (χ0v) is 16.9. The average molecular weight is 389 g/mol. The number of likely N-dealkylation sites (tertiary alicyclic amines) is 1. The van der Waals surface area contributed by atoms with E-state index in [0.717, 1.165) is 39.0 Å². The maximum Gasteiger partial charge on any atom is 0.260 e. The number of carbonyl (C=O) groups is 2. The number of piperidine rings is 1. The number of nitrogens with zero attached hydrogens (tertiary/aromatic N) is 2. The number of nitrogens with one attached hydrogen (secondary N) is 1. The Morgan fingerprint density at radius 2 is 1.89 bits per heavy atom. The van der Waals surface area contributed by atoms with Crippen molar-refractivity contribution in [1.82, 2.24) is 15.1 Å². The number of rotatable bonds is 6. The molecule has 2 saturated heterocycles. The molecule has 154 valence electrons. The molecular formula is C21H31N3O4. The van der Waals surface area contributed by atoms with E-state index >= 15 is 0 Å². The van der Waals surface area contributed by atoms with E-state index in [4.69, 9.17) is 9.47 Å². The fourth-order valence-electron chi connectivity index (χ4n) is 3.71. The van der Waals surface area contributed by atoms with Crippen molar-refractivity contribution in [3.8, 4) is 11.5 Å². The first-order valence-corrected chi connectivity index (χ1v) is 10.3. The molecule has 2 aliphatic heterocycles. The van der Waals surface area contributed by atoms with E-state index in [1.165, 1.54) is 6.42 Å². The highest BCUT2D eigenvalue weighted by atomic mass is 16.5. The molecule has 7 heteroatoms. The van der Waals surface area contributed by atoms with Gasteiger partial charge in [0.05, 0.1) is 6.61 Å². The number of carbonyl (C=O) groups excluding carboxylic acids is 2. The topological polar surface area (TPSA) is 71.1 Å². The van der Waals surface area contributed by atoms with E-state index in [1.54, 1.807) is 18.2 Å². The summed E-state index contributed by atoms with van der Waals surface area (Å²) in [7, 11) is 0. The van der Waals surface area contributed by atoms with Crippen LogP contribution in [0.4, 0.5) is 0 Å². The van der Waals surface area contributed by atoms with Gasteiger partial charge in [0.15, 0.2) is 18.1 Å². The van der Waals surface area contributed by atoms with Crippen LogP contribution in [0.15, 0.2) is 18.2 Å². The van der Waals surface area contributed by atoms with E-state index in [1.807, 2.05) is 23.6 Å². The summed E-state index contributed by atoms with van der Waals surface area (Å²) < 4.78 is 11.4. The molecule has 28 heavy (non-hydrogen) atoms. The van der Waals surface area contributed by atoms with Crippen molar-refractivity contribution >= 4 is 11.8 Å². The first-order chi connectivity index (χ1) is 13.6. The lowest BCUT2D eigenvalue weighted by molar-refractivity contribution is -0.134. The normalized spacial score (nSPS) is 20.0. The number of ether oxygens (including phenoxy) is 2. The lowest BCUT2D eigenvalue weighted by Gasteiger charge is -2.34. The lowest BCUT2D eigenvalue weighted by atomic mass is 10.1. The van der Waals surface area contributed by atoms with Gasteiger partial charge in [0.1, 0.15) is 0 Å². The summed E-state index contributed by atoms with van der Waals surface area (Å²) in [5, 5.41) is 3.29. The zero-order chi connectivity index (χ0) is 19.9. The summed E-state index contributed by atoms with van der Waals surface area (Å²) >= 11 is 0. The second-order valence-electron chi connectivity index (χ2n) is 7.38. The van der Waals surface area contributed by atoms with Crippen molar-refractivity contribution in [2.45, 2.75) is 39.2 Å². The highest BCUT2D eigenvalue weighted by Crippen LogP contribution is 2.29. The molecule has 0 aliphatic carbocycles. The Morgan fingerprint density at radius 3 is 2.61 bits per heavy atom. The molecule has 0 saturated carbocycles. The van der Waals surface area contributed by atoms with Gasteiger partial charge in [-0.15, -0.1) is 0 Å². The first-order valence-electron chi connectivity index (χ1n) is 10.3. The number of hydrogen-bond donors (Lipinski definition) is 1. The van der Waals surface area contributed by atoms with Crippen molar-refractivity contribution in [3.63, 3.8) is 0 Å². The molecule has 2 amide bonds. The molecule has 7 nitrogen and oxygen atoms in total. The fourth-order valence-corrected chi connectivity index (χ4v) is 3.71. The standard InChI is InChI=1S/C21H31N3O4/c1-3-27-19-13-17(21(26)24-12-9-22-14-16(24)2)7-8-18(19)28-15-20(25)23-10-5-4-6-11-23/h7-8,13,16,22H,3-6,9-12,14-15H2,1-2H3. The van der Waals surface area contributed by atoms with E-state index < -0.39 is 0 Å². The summed E-state index contributed by atoms with van der Waals surface area (Å²) in [5.74, 6) is 0.988. The van der Waals surface area contributed by atoms with Crippen LogP contribution < -0.4 is 14.8 Å². The van der Waals surface area contributed by atoms with E-state index in [0.29, 0.717) is 30.2 Å². The van der Waals surface area contributed by atoms with Crippen LogP contribution in [0.2, 0.25) is 0 Å². The van der Waals surface area contributed by atoms with Gasteiger partial charge in [-0.1, -0.05) is 0 Å². The molecular weight excluding hydrogens is 358 g/mol. The minimum atomic E-state index is -0.0117. The van der Waals surface area contributed by atoms with Gasteiger partial charge >= 0.3 is 0 Å². The van der Waals surface area contributed by atoms with Crippen LogP contribution in [-0.4, -0.2) is 73.6 Å². The predicted octanol–water partition coefficient (Wildman–Crippen LogP) is 1.91. The monoisotopic (exact) mass is 389 g/mol. The minimum absolute atomic E-state index is 0.00283. The lowest BCUT2D eigenvalue weighted by Crippen LogP contribution is -2.52. The smallest absolute Gasteiger partial charge is 0.260 e. The molecule has 3 rings (SSSR count). The third-order valence-corrected chi connectivity index (χ3v) is 5.31. The van der Waals surface area contributed by atoms with Crippen molar-refractivity contribution in [2.75, 3.05) is 45.9 Å². The molecule has 0 spiro atoms. The van der Waals surface area contributed by atoms with Gasteiger partial charge in [0, 0.05) is 44.3 Å². The van der Waals surface area contributed by atoms with Gasteiger partial charge < -0.3 is 24.6 Å². The van der Waals surface area contributed by atoms with Crippen molar-refractivity contribution in [1.29, 1.82) is 0 Å². The van der Waals surface area contributed by atoms with Crippen LogP contribution in [0.5, 0.6) is 11.5 Å². The van der Waals surface area contributed by atoms with Crippen LogP contribution in [0.1, 0.15) is 43.5 Å². The molecule has 1 unspecified atom stereocenters. The number of hydrogen-bond acceptors (Lipinski definition) is 5. The number of benzene rings is 1.